The van der Waals surface area contributed by atoms with E-state index in [9.17, 15) is 4.79 Å². The van der Waals surface area contributed by atoms with Gasteiger partial charge in [-0.05, 0) is 19.3 Å². The highest BCUT2D eigenvalue weighted by Gasteiger charge is 2.17. The van der Waals surface area contributed by atoms with Crippen LogP contribution in [-0.2, 0) is 4.79 Å². The number of hydrogen-bond acceptors (Lipinski definition) is 2. The summed E-state index contributed by atoms with van der Waals surface area (Å²) in [6, 6.07) is 0.622. The molecule has 0 aliphatic heterocycles. The molecule has 1 fully saturated rings. The predicted molar refractivity (Wildman–Crippen MR) is 57.9 cm³/mol. The molecular weight excluding hydrogens is 176 g/mol. The molecule has 1 aliphatic carbocycles. The molecule has 1 rings (SSSR count). The number of carbonyl (C=O) groups is 1. The summed E-state index contributed by atoms with van der Waals surface area (Å²) in [5.41, 5.74) is 5.28. The van der Waals surface area contributed by atoms with E-state index in [1.54, 1.807) is 0 Å². The normalized spacial score (nSPS) is 20.6. The van der Waals surface area contributed by atoms with Crippen molar-refractivity contribution >= 4 is 5.91 Å². The van der Waals surface area contributed by atoms with Crippen LogP contribution in [0.15, 0.2) is 0 Å². The molecular formula is C11H22N2O. The van der Waals surface area contributed by atoms with Gasteiger partial charge in [0.05, 0.1) is 0 Å². The third kappa shape index (κ3) is 3.66. The third-order valence-corrected chi connectivity index (χ3v) is 3.15. The molecule has 82 valence electrons. The molecule has 0 saturated heterocycles. The Labute approximate surface area is 86.4 Å². The standard InChI is InChI=1S/C11H22N2O/c1-2-9(11(12)14)8-13-10-6-4-3-5-7-10/h9-10,13H,2-8H2,1H3,(H2,12,14). The van der Waals surface area contributed by atoms with Crippen molar-refractivity contribution in [3.8, 4) is 0 Å². The van der Waals surface area contributed by atoms with Crippen LogP contribution in [0.2, 0.25) is 0 Å². The molecule has 1 aliphatic rings. The second kappa shape index (κ2) is 6.02. The SMILES string of the molecule is CCC(CNC1CCCCC1)C(N)=O. The van der Waals surface area contributed by atoms with Gasteiger partial charge in [0.25, 0.3) is 0 Å². The lowest BCUT2D eigenvalue weighted by molar-refractivity contribution is -0.121. The summed E-state index contributed by atoms with van der Waals surface area (Å²) in [4.78, 5) is 11.0. The van der Waals surface area contributed by atoms with Gasteiger partial charge in [0.1, 0.15) is 0 Å². The minimum atomic E-state index is -0.171. The first-order valence-electron chi connectivity index (χ1n) is 5.76. The maximum Gasteiger partial charge on any atom is 0.221 e. The summed E-state index contributed by atoms with van der Waals surface area (Å²) in [7, 11) is 0. The second-order valence-corrected chi connectivity index (χ2v) is 4.25. The fraction of sp³-hybridized carbons (Fsp3) is 0.909. The van der Waals surface area contributed by atoms with Crippen LogP contribution in [0.4, 0.5) is 0 Å². The van der Waals surface area contributed by atoms with E-state index in [2.05, 4.69) is 5.32 Å². The largest absolute Gasteiger partial charge is 0.369 e. The number of primary amides is 1. The Hall–Kier alpha value is -0.570. The summed E-state index contributed by atoms with van der Waals surface area (Å²) >= 11 is 0. The molecule has 3 nitrogen and oxygen atoms in total. The minimum absolute atomic E-state index is 0.0110. The number of amides is 1. The second-order valence-electron chi connectivity index (χ2n) is 4.25. The molecule has 1 amide bonds. The molecule has 0 aromatic heterocycles. The molecule has 0 radical (unpaired) electrons. The summed E-state index contributed by atoms with van der Waals surface area (Å²) in [6.07, 6.45) is 7.38. The van der Waals surface area contributed by atoms with Gasteiger partial charge in [0.2, 0.25) is 5.91 Å². The highest BCUT2D eigenvalue weighted by molar-refractivity contribution is 5.76. The Kier molecular flexibility index (Phi) is 4.94. The van der Waals surface area contributed by atoms with Crippen molar-refractivity contribution < 1.29 is 4.79 Å². The fourth-order valence-corrected chi connectivity index (χ4v) is 2.06. The fourth-order valence-electron chi connectivity index (χ4n) is 2.06. The molecule has 0 aromatic carbocycles. The van der Waals surface area contributed by atoms with Gasteiger partial charge in [-0.25, -0.2) is 0 Å². The van der Waals surface area contributed by atoms with Crippen LogP contribution in [0.25, 0.3) is 0 Å². The van der Waals surface area contributed by atoms with Crippen molar-refractivity contribution in [2.45, 2.75) is 51.5 Å². The lowest BCUT2D eigenvalue weighted by Gasteiger charge is -2.24. The van der Waals surface area contributed by atoms with Crippen LogP contribution in [0.1, 0.15) is 45.4 Å². The van der Waals surface area contributed by atoms with E-state index in [4.69, 9.17) is 5.73 Å². The minimum Gasteiger partial charge on any atom is -0.369 e. The number of hydrogen-bond donors (Lipinski definition) is 2. The quantitative estimate of drug-likeness (QED) is 0.702. The average Bonchev–Trinajstić information content (AvgIpc) is 2.20. The summed E-state index contributed by atoms with van der Waals surface area (Å²) in [5, 5.41) is 3.45. The van der Waals surface area contributed by atoms with E-state index in [1.165, 1.54) is 32.1 Å². The molecule has 0 spiro atoms. The lowest BCUT2D eigenvalue weighted by atomic mass is 9.95. The summed E-state index contributed by atoms with van der Waals surface area (Å²) in [5.74, 6) is -0.160. The predicted octanol–water partition coefficient (Wildman–Crippen LogP) is 1.42. The Balaban J connectivity index is 2.20. The van der Waals surface area contributed by atoms with Crippen LogP contribution in [0.5, 0.6) is 0 Å². The third-order valence-electron chi connectivity index (χ3n) is 3.15. The summed E-state index contributed by atoms with van der Waals surface area (Å²) in [6.45, 7) is 2.77. The van der Waals surface area contributed by atoms with Gasteiger partial charge >= 0.3 is 0 Å². The Morgan fingerprint density at radius 3 is 2.57 bits per heavy atom. The maximum absolute atomic E-state index is 11.0. The molecule has 1 unspecified atom stereocenters. The monoisotopic (exact) mass is 198 g/mol. The van der Waals surface area contributed by atoms with Crippen molar-refractivity contribution in [2.24, 2.45) is 11.7 Å². The first kappa shape index (κ1) is 11.5. The smallest absolute Gasteiger partial charge is 0.221 e. The Morgan fingerprint density at radius 2 is 2.07 bits per heavy atom. The molecule has 0 heterocycles. The highest BCUT2D eigenvalue weighted by Crippen LogP contribution is 2.17. The van der Waals surface area contributed by atoms with E-state index in [1.807, 2.05) is 6.92 Å². The van der Waals surface area contributed by atoms with Gasteiger partial charge in [-0.3, -0.25) is 4.79 Å². The molecule has 14 heavy (non-hydrogen) atoms. The van der Waals surface area contributed by atoms with Crippen LogP contribution >= 0.6 is 0 Å². The van der Waals surface area contributed by atoms with Crippen LogP contribution in [-0.4, -0.2) is 18.5 Å². The molecule has 1 atom stereocenters. The van der Waals surface area contributed by atoms with Crippen molar-refractivity contribution in [3.05, 3.63) is 0 Å². The molecule has 3 heteroatoms. The zero-order valence-corrected chi connectivity index (χ0v) is 9.09. The number of nitrogens with two attached hydrogens (primary N) is 1. The van der Waals surface area contributed by atoms with Crippen LogP contribution < -0.4 is 11.1 Å². The highest BCUT2D eigenvalue weighted by atomic mass is 16.1. The van der Waals surface area contributed by atoms with Crippen molar-refractivity contribution in [3.63, 3.8) is 0 Å². The summed E-state index contributed by atoms with van der Waals surface area (Å²) < 4.78 is 0. The van der Waals surface area contributed by atoms with Gasteiger partial charge < -0.3 is 11.1 Å². The molecule has 1 saturated carbocycles. The molecule has 3 N–H and O–H groups in total. The van der Waals surface area contributed by atoms with E-state index in [0.29, 0.717) is 6.04 Å². The van der Waals surface area contributed by atoms with Crippen LogP contribution in [0, 0.1) is 5.92 Å². The van der Waals surface area contributed by atoms with Crippen molar-refractivity contribution in [1.29, 1.82) is 0 Å². The first-order valence-corrected chi connectivity index (χ1v) is 5.76. The average molecular weight is 198 g/mol. The van der Waals surface area contributed by atoms with Crippen molar-refractivity contribution in [2.75, 3.05) is 6.54 Å². The maximum atomic E-state index is 11.0. The Morgan fingerprint density at radius 1 is 1.43 bits per heavy atom. The molecule has 0 bridgehead atoms. The van der Waals surface area contributed by atoms with E-state index in [0.717, 1.165) is 13.0 Å². The van der Waals surface area contributed by atoms with Gasteiger partial charge in [-0.15, -0.1) is 0 Å². The lowest BCUT2D eigenvalue weighted by Crippen LogP contribution is -2.38. The molecule has 0 aromatic rings. The van der Waals surface area contributed by atoms with Crippen LogP contribution in [0.3, 0.4) is 0 Å². The first-order chi connectivity index (χ1) is 6.74. The Bertz CT molecular complexity index is 176. The van der Waals surface area contributed by atoms with Gasteiger partial charge in [0.15, 0.2) is 0 Å². The topological polar surface area (TPSA) is 55.1 Å². The number of rotatable bonds is 5. The van der Waals surface area contributed by atoms with Crippen molar-refractivity contribution in [1.82, 2.24) is 5.32 Å². The van der Waals surface area contributed by atoms with E-state index in [-0.39, 0.29) is 11.8 Å². The van der Waals surface area contributed by atoms with E-state index < -0.39 is 0 Å². The van der Waals surface area contributed by atoms with Gasteiger partial charge in [0, 0.05) is 18.5 Å². The number of carbonyl (C=O) groups excluding carboxylic acids is 1. The van der Waals surface area contributed by atoms with E-state index >= 15 is 0 Å². The zero-order valence-electron chi connectivity index (χ0n) is 9.09. The van der Waals surface area contributed by atoms with Gasteiger partial charge in [-0.2, -0.15) is 0 Å². The van der Waals surface area contributed by atoms with Gasteiger partial charge in [-0.1, -0.05) is 26.2 Å². The zero-order chi connectivity index (χ0) is 10.4. The number of nitrogens with one attached hydrogen (secondary N) is 1.